The number of piperidine rings is 1. The second-order valence-electron chi connectivity index (χ2n) is 6.96. The molecular formula is C21H26N2O4S. The Labute approximate surface area is 166 Å². The highest BCUT2D eigenvalue weighted by molar-refractivity contribution is 7.89. The minimum atomic E-state index is -3.74. The summed E-state index contributed by atoms with van der Waals surface area (Å²) in [6.45, 7) is 1.63. The van der Waals surface area contributed by atoms with Crippen molar-refractivity contribution < 1.29 is 17.9 Å². The van der Waals surface area contributed by atoms with Crippen LogP contribution in [-0.4, -0.2) is 50.8 Å². The van der Waals surface area contributed by atoms with Gasteiger partial charge in [-0.25, -0.2) is 8.42 Å². The number of amides is 1. The second kappa shape index (κ2) is 8.75. The van der Waals surface area contributed by atoms with Crippen molar-refractivity contribution in [2.75, 3.05) is 27.2 Å². The van der Waals surface area contributed by atoms with Gasteiger partial charge in [-0.05, 0) is 43.0 Å². The van der Waals surface area contributed by atoms with Gasteiger partial charge in [0.1, 0.15) is 5.75 Å². The van der Waals surface area contributed by atoms with Gasteiger partial charge in [0, 0.05) is 26.7 Å². The first-order valence-electron chi connectivity index (χ1n) is 9.41. The summed E-state index contributed by atoms with van der Waals surface area (Å²) in [4.78, 5) is 14.8. The average molecular weight is 403 g/mol. The van der Waals surface area contributed by atoms with Crippen molar-refractivity contribution in [3.8, 4) is 5.75 Å². The summed E-state index contributed by atoms with van der Waals surface area (Å²) in [6, 6.07) is 13.9. The lowest BCUT2D eigenvalue weighted by atomic mass is 10.1. The number of sulfonamides is 1. The highest BCUT2D eigenvalue weighted by Crippen LogP contribution is 2.27. The van der Waals surface area contributed by atoms with Gasteiger partial charge in [0.25, 0.3) is 5.91 Å². The lowest BCUT2D eigenvalue weighted by Gasteiger charge is -2.27. The first-order valence-corrected chi connectivity index (χ1v) is 10.8. The number of hydrogen-bond donors (Lipinski definition) is 0. The third-order valence-corrected chi connectivity index (χ3v) is 6.80. The third-order valence-electron chi connectivity index (χ3n) is 5.00. The van der Waals surface area contributed by atoms with Crippen LogP contribution in [0.15, 0.2) is 53.4 Å². The predicted molar refractivity (Wildman–Crippen MR) is 108 cm³/mol. The van der Waals surface area contributed by atoms with Crippen LogP contribution in [0.5, 0.6) is 5.75 Å². The molecule has 0 radical (unpaired) electrons. The van der Waals surface area contributed by atoms with E-state index in [2.05, 4.69) is 0 Å². The molecule has 28 heavy (non-hydrogen) atoms. The van der Waals surface area contributed by atoms with Crippen molar-refractivity contribution in [3.05, 3.63) is 59.7 Å². The van der Waals surface area contributed by atoms with E-state index in [9.17, 15) is 13.2 Å². The maximum absolute atomic E-state index is 13.0. The number of benzene rings is 2. The molecule has 0 N–H and O–H groups in total. The molecule has 7 heteroatoms. The van der Waals surface area contributed by atoms with Gasteiger partial charge in [-0.15, -0.1) is 0 Å². The van der Waals surface area contributed by atoms with Crippen LogP contribution in [0.2, 0.25) is 0 Å². The zero-order valence-electron chi connectivity index (χ0n) is 16.3. The molecular weight excluding hydrogens is 376 g/mol. The van der Waals surface area contributed by atoms with E-state index in [1.54, 1.807) is 18.0 Å². The normalized spacial score (nSPS) is 14.9. The first-order chi connectivity index (χ1) is 13.4. The molecule has 1 saturated heterocycles. The fourth-order valence-electron chi connectivity index (χ4n) is 3.39. The van der Waals surface area contributed by atoms with Crippen molar-refractivity contribution in [2.45, 2.75) is 30.7 Å². The molecule has 3 rings (SSSR count). The fraction of sp³-hybridized carbons (Fsp3) is 0.381. The smallest absolute Gasteiger partial charge is 0.257 e. The fourth-order valence-corrected chi connectivity index (χ4v) is 4.57. The van der Waals surface area contributed by atoms with Crippen LogP contribution in [-0.2, 0) is 16.6 Å². The van der Waals surface area contributed by atoms with E-state index in [4.69, 9.17) is 4.74 Å². The number of methoxy groups -OCH3 is 1. The average Bonchev–Trinajstić information content (AvgIpc) is 2.74. The van der Waals surface area contributed by atoms with Gasteiger partial charge in [0.15, 0.2) is 0 Å². The van der Waals surface area contributed by atoms with Crippen LogP contribution in [0.25, 0.3) is 0 Å². The molecule has 150 valence electrons. The molecule has 1 amide bonds. The number of likely N-dealkylation sites (tertiary alicyclic amines) is 1. The molecule has 1 aliphatic heterocycles. The van der Waals surface area contributed by atoms with E-state index in [1.165, 1.54) is 23.5 Å². The van der Waals surface area contributed by atoms with Gasteiger partial charge in [-0.1, -0.05) is 30.3 Å². The van der Waals surface area contributed by atoms with Crippen LogP contribution in [0, 0.1) is 0 Å². The summed E-state index contributed by atoms with van der Waals surface area (Å²) < 4.78 is 32.7. The van der Waals surface area contributed by atoms with Gasteiger partial charge < -0.3 is 9.64 Å². The molecule has 2 aromatic carbocycles. The molecule has 0 unspecified atom stereocenters. The van der Waals surface area contributed by atoms with Crippen LogP contribution in [0.1, 0.15) is 35.2 Å². The molecule has 6 nitrogen and oxygen atoms in total. The third kappa shape index (κ3) is 4.36. The second-order valence-corrected chi connectivity index (χ2v) is 9.01. The largest absolute Gasteiger partial charge is 0.496 e. The van der Waals surface area contributed by atoms with Gasteiger partial charge in [0.2, 0.25) is 10.0 Å². The van der Waals surface area contributed by atoms with Crippen molar-refractivity contribution >= 4 is 15.9 Å². The molecule has 1 heterocycles. The number of ether oxygens (including phenoxy) is 1. The number of nitrogens with zero attached hydrogens (tertiary/aromatic N) is 2. The van der Waals surface area contributed by atoms with E-state index >= 15 is 0 Å². The van der Waals surface area contributed by atoms with Crippen molar-refractivity contribution in [2.24, 2.45) is 0 Å². The van der Waals surface area contributed by atoms with Crippen molar-refractivity contribution in [3.63, 3.8) is 0 Å². The Balaban J connectivity index is 1.89. The Bertz CT molecular complexity index is 923. The minimum Gasteiger partial charge on any atom is -0.496 e. The Kier molecular flexibility index (Phi) is 6.36. The quantitative estimate of drug-likeness (QED) is 0.745. The number of hydrogen-bond acceptors (Lipinski definition) is 4. The zero-order valence-corrected chi connectivity index (χ0v) is 17.1. The van der Waals surface area contributed by atoms with E-state index < -0.39 is 10.0 Å². The lowest BCUT2D eigenvalue weighted by molar-refractivity contribution is 0.0720. The highest BCUT2D eigenvalue weighted by Gasteiger charge is 2.26. The molecule has 2 aromatic rings. The molecule has 0 aromatic heterocycles. The standard InChI is InChI=1S/C21H26N2O4S/c1-22(16-17-9-5-3-6-10-17)28(25,26)18-11-12-20(27-2)19(15-18)21(24)23-13-7-4-8-14-23/h3,5-6,9-12,15H,4,7-8,13-14,16H2,1-2H3. The van der Waals surface area contributed by atoms with E-state index in [1.807, 2.05) is 30.3 Å². The van der Waals surface area contributed by atoms with E-state index in [0.717, 1.165) is 24.8 Å². The van der Waals surface area contributed by atoms with Crippen LogP contribution >= 0.6 is 0 Å². The minimum absolute atomic E-state index is 0.0899. The van der Waals surface area contributed by atoms with Gasteiger partial charge in [0.05, 0.1) is 17.6 Å². The molecule has 1 fully saturated rings. The Hall–Kier alpha value is -2.38. The summed E-state index contributed by atoms with van der Waals surface area (Å²) >= 11 is 0. The van der Waals surface area contributed by atoms with Crippen molar-refractivity contribution in [1.82, 2.24) is 9.21 Å². The maximum atomic E-state index is 13.0. The molecule has 0 bridgehead atoms. The summed E-state index contributed by atoms with van der Waals surface area (Å²) in [6.07, 6.45) is 3.04. The summed E-state index contributed by atoms with van der Waals surface area (Å²) in [5.74, 6) is 0.208. The number of carbonyl (C=O) groups excluding carboxylic acids is 1. The Morgan fingerprint density at radius 1 is 1.07 bits per heavy atom. The number of carbonyl (C=O) groups is 1. The summed E-state index contributed by atoms with van der Waals surface area (Å²) in [5.41, 5.74) is 1.19. The van der Waals surface area contributed by atoms with Gasteiger partial charge in [-0.3, -0.25) is 4.79 Å². The summed E-state index contributed by atoms with van der Waals surface area (Å²) in [5, 5.41) is 0. The van der Waals surface area contributed by atoms with Crippen LogP contribution in [0.4, 0.5) is 0 Å². The molecule has 0 aliphatic carbocycles. The lowest BCUT2D eigenvalue weighted by Crippen LogP contribution is -2.36. The molecule has 1 aliphatic rings. The molecule has 0 saturated carbocycles. The first kappa shape index (κ1) is 20.4. The summed E-state index contributed by atoms with van der Waals surface area (Å²) in [7, 11) is -0.717. The van der Waals surface area contributed by atoms with Crippen molar-refractivity contribution in [1.29, 1.82) is 0 Å². The van der Waals surface area contributed by atoms with Gasteiger partial charge in [-0.2, -0.15) is 4.31 Å². The monoisotopic (exact) mass is 402 g/mol. The predicted octanol–water partition coefficient (Wildman–Crippen LogP) is 3.14. The SMILES string of the molecule is COc1ccc(S(=O)(=O)N(C)Cc2ccccc2)cc1C(=O)N1CCCCC1. The zero-order chi connectivity index (χ0) is 20.1. The van der Waals surface area contributed by atoms with E-state index in [-0.39, 0.29) is 17.3 Å². The maximum Gasteiger partial charge on any atom is 0.257 e. The van der Waals surface area contributed by atoms with E-state index in [0.29, 0.717) is 24.4 Å². The molecule has 0 spiro atoms. The molecule has 0 atom stereocenters. The van der Waals surface area contributed by atoms with Crippen LogP contribution < -0.4 is 4.74 Å². The Morgan fingerprint density at radius 3 is 2.39 bits per heavy atom. The van der Waals surface area contributed by atoms with Crippen LogP contribution in [0.3, 0.4) is 0 Å². The topological polar surface area (TPSA) is 66.9 Å². The highest BCUT2D eigenvalue weighted by atomic mass is 32.2. The number of rotatable bonds is 6. The van der Waals surface area contributed by atoms with Gasteiger partial charge >= 0.3 is 0 Å². The Morgan fingerprint density at radius 2 is 1.75 bits per heavy atom.